The summed E-state index contributed by atoms with van der Waals surface area (Å²) in [5.74, 6) is 0.218. The number of nitrogens with one attached hydrogen (secondary N) is 1. The van der Waals surface area contributed by atoms with Gasteiger partial charge in [0.25, 0.3) is 0 Å². The van der Waals surface area contributed by atoms with Crippen LogP contribution in [-0.4, -0.2) is 26.3 Å². The van der Waals surface area contributed by atoms with Gasteiger partial charge in [-0.05, 0) is 19.1 Å². The number of hydrogen-bond donors (Lipinski definition) is 3. The highest BCUT2D eigenvalue weighted by Crippen LogP contribution is 2.31. The molecular formula is C13H17N3O2. The van der Waals surface area contributed by atoms with Crippen molar-refractivity contribution in [1.82, 2.24) is 14.9 Å². The normalized spacial score (nSPS) is 12.5. The lowest BCUT2D eigenvalue weighted by Crippen LogP contribution is -2.23. The van der Waals surface area contributed by atoms with Crippen LogP contribution in [0.3, 0.4) is 0 Å². The zero-order chi connectivity index (χ0) is 13.0. The second kappa shape index (κ2) is 5.55. The topological polar surface area (TPSA) is 70.3 Å². The van der Waals surface area contributed by atoms with E-state index < -0.39 is 0 Å². The number of phenolic OH excluding ortho intramolecular Hbond substituents is 2. The standard InChI is InChI=1S/C13H17N3O2/c1-10(13-11(17)3-2-4-12(13)18)15-6-8-16-7-5-14-9-16/h2-5,7,9-10,15,17-18H,6,8H2,1H3. The average Bonchev–Trinajstić information content (AvgIpc) is 2.82. The zero-order valence-corrected chi connectivity index (χ0v) is 10.2. The molecular weight excluding hydrogens is 230 g/mol. The molecule has 0 saturated heterocycles. The number of hydrogen-bond acceptors (Lipinski definition) is 4. The molecule has 0 spiro atoms. The van der Waals surface area contributed by atoms with Crippen LogP contribution < -0.4 is 5.32 Å². The molecule has 1 atom stereocenters. The molecule has 0 radical (unpaired) electrons. The Morgan fingerprint density at radius 3 is 2.67 bits per heavy atom. The summed E-state index contributed by atoms with van der Waals surface area (Å²) in [5, 5.41) is 22.7. The predicted octanol–water partition coefficient (Wildman–Crippen LogP) is 1.65. The highest BCUT2D eigenvalue weighted by molar-refractivity contribution is 5.44. The Kier molecular flexibility index (Phi) is 3.84. The van der Waals surface area contributed by atoms with Crippen molar-refractivity contribution in [3.05, 3.63) is 42.5 Å². The van der Waals surface area contributed by atoms with Crippen LogP contribution in [-0.2, 0) is 6.54 Å². The summed E-state index contributed by atoms with van der Waals surface area (Å²) in [4.78, 5) is 3.96. The molecule has 0 bridgehead atoms. The molecule has 18 heavy (non-hydrogen) atoms. The van der Waals surface area contributed by atoms with Crippen molar-refractivity contribution < 1.29 is 10.2 Å². The van der Waals surface area contributed by atoms with Gasteiger partial charge < -0.3 is 20.1 Å². The Labute approximate surface area is 106 Å². The van der Waals surface area contributed by atoms with E-state index in [1.165, 1.54) is 0 Å². The van der Waals surface area contributed by atoms with Crippen LogP contribution >= 0.6 is 0 Å². The van der Waals surface area contributed by atoms with Crippen LogP contribution in [0.25, 0.3) is 0 Å². The van der Waals surface area contributed by atoms with Crippen molar-refractivity contribution in [3.8, 4) is 11.5 Å². The monoisotopic (exact) mass is 247 g/mol. The van der Waals surface area contributed by atoms with Gasteiger partial charge in [0.1, 0.15) is 11.5 Å². The quantitative estimate of drug-likeness (QED) is 0.751. The summed E-state index contributed by atoms with van der Waals surface area (Å²) in [6.07, 6.45) is 5.38. The van der Waals surface area contributed by atoms with E-state index in [1.807, 2.05) is 17.7 Å². The largest absolute Gasteiger partial charge is 0.507 e. The number of nitrogens with zero attached hydrogens (tertiary/aromatic N) is 2. The third kappa shape index (κ3) is 2.81. The van der Waals surface area contributed by atoms with Gasteiger partial charge in [0.15, 0.2) is 0 Å². The van der Waals surface area contributed by atoms with E-state index in [-0.39, 0.29) is 17.5 Å². The highest BCUT2D eigenvalue weighted by Gasteiger charge is 2.13. The number of imidazole rings is 1. The molecule has 3 N–H and O–H groups in total. The first kappa shape index (κ1) is 12.4. The van der Waals surface area contributed by atoms with Gasteiger partial charge in [-0.2, -0.15) is 0 Å². The minimum atomic E-state index is -0.116. The van der Waals surface area contributed by atoms with Crippen LogP contribution in [0.4, 0.5) is 0 Å². The lowest BCUT2D eigenvalue weighted by Gasteiger charge is -2.16. The van der Waals surface area contributed by atoms with Crippen molar-refractivity contribution in [1.29, 1.82) is 0 Å². The number of rotatable bonds is 5. The molecule has 2 rings (SSSR count). The van der Waals surface area contributed by atoms with E-state index >= 15 is 0 Å². The number of phenols is 2. The Bertz CT molecular complexity index is 477. The summed E-state index contributed by atoms with van der Waals surface area (Å²) in [6, 6.07) is 4.65. The lowest BCUT2D eigenvalue weighted by molar-refractivity contribution is 0.416. The maximum atomic E-state index is 9.73. The smallest absolute Gasteiger partial charge is 0.124 e. The number of aromatic hydroxyl groups is 2. The molecule has 1 aromatic carbocycles. The lowest BCUT2D eigenvalue weighted by atomic mass is 10.1. The van der Waals surface area contributed by atoms with Crippen LogP contribution in [0.1, 0.15) is 18.5 Å². The minimum absolute atomic E-state index is 0.109. The van der Waals surface area contributed by atoms with E-state index in [4.69, 9.17) is 0 Å². The van der Waals surface area contributed by atoms with Crippen LogP contribution in [0, 0.1) is 0 Å². The van der Waals surface area contributed by atoms with Crippen molar-refractivity contribution >= 4 is 0 Å². The Morgan fingerprint density at radius 1 is 1.33 bits per heavy atom. The van der Waals surface area contributed by atoms with E-state index in [2.05, 4.69) is 10.3 Å². The van der Waals surface area contributed by atoms with Gasteiger partial charge in [-0.25, -0.2) is 4.98 Å². The molecule has 0 amide bonds. The van der Waals surface area contributed by atoms with Gasteiger partial charge in [-0.3, -0.25) is 0 Å². The number of benzene rings is 1. The van der Waals surface area contributed by atoms with Crippen LogP contribution in [0.2, 0.25) is 0 Å². The van der Waals surface area contributed by atoms with E-state index in [0.717, 1.165) is 13.1 Å². The van der Waals surface area contributed by atoms with Gasteiger partial charge in [-0.1, -0.05) is 6.07 Å². The highest BCUT2D eigenvalue weighted by atomic mass is 16.3. The first-order valence-corrected chi connectivity index (χ1v) is 5.88. The molecule has 0 fully saturated rings. The van der Waals surface area contributed by atoms with Crippen LogP contribution in [0.15, 0.2) is 36.9 Å². The fourth-order valence-electron chi connectivity index (χ4n) is 1.92. The van der Waals surface area contributed by atoms with E-state index in [1.54, 1.807) is 30.7 Å². The Hall–Kier alpha value is -2.01. The number of aromatic nitrogens is 2. The fraction of sp³-hybridized carbons (Fsp3) is 0.308. The van der Waals surface area contributed by atoms with Gasteiger partial charge in [0, 0.05) is 31.5 Å². The van der Waals surface area contributed by atoms with Gasteiger partial charge in [0.2, 0.25) is 0 Å². The third-order valence-electron chi connectivity index (χ3n) is 2.87. The van der Waals surface area contributed by atoms with Gasteiger partial charge in [-0.15, -0.1) is 0 Å². The zero-order valence-electron chi connectivity index (χ0n) is 10.2. The summed E-state index contributed by atoms with van der Waals surface area (Å²) < 4.78 is 1.96. The first-order chi connectivity index (χ1) is 8.68. The van der Waals surface area contributed by atoms with E-state index in [0.29, 0.717) is 5.56 Å². The molecule has 0 aliphatic rings. The predicted molar refractivity (Wildman–Crippen MR) is 68.4 cm³/mol. The van der Waals surface area contributed by atoms with Crippen molar-refractivity contribution in [2.75, 3.05) is 6.54 Å². The van der Waals surface area contributed by atoms with Gasteiger partial charge in [0.05, 0.1) is 11.9 Å². The van der Waals surface area contributed by atoms with Gasteiger partial charge >= 0.3 is 0 Å². The molecule has 5 nitrogen and oxygen atoms in total. The van der Waals surface area contributed by atoms with E-state index in [9.17, 15) is 10.2 Å². The molecule has 1 unspecified atom stereocenters. The van der Waals surface area contributed by atoms with Crippen molar-refractivity contribution in [3.63, 3.8) is 0 Å². The second-order valence-electron chi connectivity index (χ2n) is 4.19. The Balaban J connectivity index is 1.93. The summed E-state index contributed by atoms with van der Waals surface area (Å²) in [6.45, 7) is 3.42. The molecule has 5 heteroatoms. The maximum Gasteiger partial charge on any atom is 0.124 e. The maximum absolute atomic E-state index is 9.73. The molecule has 0 aliphatic heterocycles. The molecule has 96 valence electrons. The molecule has 0 aliphatic carbocycles. The van der Waals surface area contributed by atoms with Crippen molar-refractivity contribution in [2.24, 2.45) is 0 Å². The minimum Gasteiger partial charge on any atom is -0.507 e. The SMILES string of the molecule is CC(NCCn1ccnc1)c1c(O)cccc1O. The summed E-state index contributed by atoms with van der Waals surface area (Å²) in [5.41, 5.74) is 0.531. The summed E-state index contributed by atoms with van der Waals surface area (Å²) in [7, 11) is 0. The molecule has 0 saturated carbocycles. The fourth-order valence-corrected chi connectivity index (χ4v) is 1.92. The van der Waals surface area contributed by atoms with Crippen molar-refractivity contribution in [2.45, 2.75) is 19.5 Å². The molecule has 1 aromatic heterocycles. The van der Waals surface area contributed by atoms with Crippen LogP contribution in [0.5, 0.6) is 11.5 Å². The summed E-state index contributed by atoms with van der Waals surface area (Å²) >= 11 is 0. The molecule has 2 aromatic rings. The second-order valence-corrected chi connectivity index (χ2v) is 4.19. The Morgan fingerprint density at radius 2 is 2.06 bits per heavy atom. The third-order valence-corrected chi connectivity index (χ3v) is 2.87. The average molecular weight is 247 g/mol. The molecule has 1 heterocycles. The first-order valence-electron chi connectivity index (χ1n) is 5.88.